The summed E-state index contributed by atoms with van der Waals surface area (Å²) in [6, 6.07) is 10.7. The van der Waals surface area contributed by atoms with E-state index in [2.05, 4.69) is 22.4 Å². The maximum atomic E-state index is 5.37. The van der Waals surface area contributed by atoms with E-state index in [1.807, 2.05) is 24.4 Å². The highest BCUT2D eigenvalue weighted by Gasteiger charge is 2.24. The number of aliphatic imine (C=N–C) groups is 1. The van der Waals surface area contributed by atoms with Crippen LogP contribution in [0.3, 0.4) is 0 Å². The van der Waals surface area contributed by atoms with E-state index in [4.69, 9.17) is 9.73 Å². The Balaban J connectivity index is 1.67. The van der Waals surface area contributed by atoms with Crippen LogP contribution in [0.15, 0.2) is 41.5 Å². The number of aromatic nitrogens is 1. The van der Waals surface area contributed by atoms with Gasteiger partial charge in [0.2, 0.25) is 0 Å². The smallest absolute Gasteiger partial charge is 0.135 e. The molecule has 0 saturated heterocycles. The minimum Gasteiger partial charge on any atom is -0.497 e. The van der Waals surface area contributed by atoms with Gasteiger partial charge in [0.15, 0.2) is 0 Å². The molecular formula is C20H23N3O. The fraction of sp³-hybridized carbons (Fsp3) is 0.400. The lowest BCUT2D eigenvalue weighted by Crippen LogP contribution is -2.24. The van der Waals surface area contributed by atoms with Gasteiger partial charge in [-0.2, -0.15) is 0 Å². The van der Waals surface area contributed by atoms with Gasteiger partial charge in [-0.3, -0.25) is 4.99 Å². The Kier molecular flexibility index (Phi) is 4.20. The molecule has 1 saturated carbocycles. The van der Waals surface area contributed by atoms with Crippen LogP contribution in [0.4, 0.5) is 5.82 Å². The minimum atomic E-state index is 0.532. The molecule has 0 spiro atoms. The van der Waals surface area contributed by atoms with E-state index in [1.165, 1.54) is 37.7 Å². The van der Waals surface area contributed by atoms with Crippen molar-refractivity contribution in [3.63, 3.8) is 0 Å². The summed E-state index contributed by atoms with van der Waals surface area (Å²) in [6.07, 6.45) is 8.34. The first kappa shape index (κ1) is 15.2. The topological polar surface area (TPSA) is 46.5 Å². The van der Waals surface area contributed by atoms with Crippen LogP contribution in [0, 0.1) is 0 Å². The van der Waals surface area contributed by atoms with Crippen molar-refractivity contribution in [3.8, 4) is 5.75 Å². The Morgan fingerprint density at radius 3 is 2.83 bits per heavy atom. The van der Waals surface area contributed by atoms with Crippen LogP contribution in [0.1, 0.15) is 48.8 Å². The average Bonchev–Trinajstić information content (AvgIpc) is 3.08. The molecule has 2 heterocycles. The van der Waals surface area contributed by atoms with Crippen molar-refractivity contribution in [2.45, 2.75) is 44.7 Å². The van der Waals surface area contributed by atoms with Gasteiger partial charge in [0, 0.05) is 23.4 Å². The molecule has 2 aliphatic rings. The molecule has 124 valence electrons. The molecule has 2 aromatic rings. The Bertz CT molecular complexity index is 763. The van der Waals surface area contributed by atoms with E-state index in [9.17, 15) is 0 Å². The summed E-state index contributed by atoms with van der Waals surface area (Å²) in [5.74, 6) is 1.84. The van der Waals surface area contributed by atoms with Crippen molar-refractivity contribution in [1.82, 2.24) is 4.98 Å². The van der Waals surface area contributed by atoms with E-state index in [-0.39, 0.29) is 0 Å². The second-order valence-electron chi connectivity index (χ2n) is 6.57. The number of hydrogen-bond acceptors (Lipinski definition) is 4. The van der Waals surface area contributed by atoms with Gasteiger partial charge in [0.25, 0.3) is 0 Å². The number of benzene rings is 1. The van der Waals surface area contributed by atoms with Gasteiger partial charge < -0.3 is 10.1 Å². The van der Waals surface area contributed by atoms with Gasteiger partial charge in [-0.1, -0.05) is 31.4 Å². The maximum absolute atomic E-state index is 5.37. The summed E-state index contributed by atoms with van der Waals surface area (Å²) in [7, 11) is 1.70. The zero-order chi connectivity index (χ0) is 16.4. The Morgan fingerprint density at radius 2 is 2.00 bits per heavy atom. The van der Waals surface area contributed by atoms with E-state index in [1.54, 1.807) is 7.11 Å². The largest absolute Gasteiger partial charge is 0.497 e. The standard InChI is InChI=1S/C20H23N3O/c1-24-17-9-5-6-14(12-17)19-18-15(13-22-19)10-11-21-20(18)23-16-7-3-2-4-8-16/h5-6,9-12,16H,2-4,7-8,13H2,1H3,(H,21,23). The summed E-state index contributed by atoms with van der Waals surface area (Å²) in [6.45, 7) is 0.726. The molecule has 0 radical (unpaired) electrons. The van der Waals surface area contributed by atoms with E-state index >= 15 is 0 Å². The van der Waals surface area contributed by atoms with E-state index in [0.29, 0.717) is 6.04 Å². The minimum absolute atomic E-state index is 0.532. The van der Waals surface area contributed by atoms with Gasteiger partial charge in [0.05, 0.1) is 19.4 Å². The average molecular weight is 321 g/mol. The predicted octanol–water partition coefficient (Wildman–Crippen LogP) is 4.19. The fourth-order valence-corrected chi connectivity index (χ4v) is 3.70. The summed E-state index contributed by atoms with van der Waals surface area (Å²) < 4.78 is 5.37. The summed E-state index contributed by atoms with van der Waals surface area (Å²) in [5, 5.41) is 3.69. The molecule has 1 aliphatic carbocycles. The van der Waals surface area contributed by atoms with E-state index < -0.39 is 0 Å². The van der Waals surface area contributed by atoms with E-state index in [0.717, 1.165) is 35.0 Å². The monoisotopic (exact) mass is 321 g/mol. The molecule has 24 heavy (non-hydrogen) atoms. The van der Waals surface area contributed by atoms with Crippen molar-refractivity contribution < 1.29 is 4.74 Å². The first-order chi connectivity index (χ1) is 11.8. The summed E-state index contributed by atoms with van der Waals surface area (Å²) in [5.41, 5.74) is 4.53. The third-order valence-corrected chi connectivity index (χ3v) is 4.97. The van der Waals surface area contributed by atoms with Gasteiger partial charge >= 0.3 is 0 Å². The molecular weight excluding hydrogens is 298 g/mol. The molecule has 4 nitrogen and oxygen atoms in total. The van der Waals surface area contributed by atoms with Crippen molar-refractivity contribution in [1.29, 1.82) is 0 Å². The number of nitrogens with one attached hydrogen (secondary N) is 1. The zero-order valence-corrected chi connectivity index (χ0v) is 14.1. The second-order valence-corrected chi connectivity index (χ2v) is 6.57. The van der Waals surface area contributed by atoms with Crippen molar-refractivity contribution in [3.05, 3.63) is 53.2 Å². The quantitative estimate of drug-likeness (QED) is 0.918. The van der Waals surface area contributed by atoms with Crippen LogP contribution in [0.25, 0.3) is 0 Å². The number of ether oxygens (including phenoxy) is 1. The highest BCUT2D eigenvalue weighted by atomic mass is 16.5. The van der Waals surface area contributed by atoms with Gasteiger partial charge in [-0.25, -0.2) is 4.98 Å². The summed E-state index contributed by atoms with van der Waals surface area (Å²) >= 11 is 0. The predicted molar refractivity (Wildman–Crippen MR) is 97.1 cm³/mol. The molecule has 1 aromatic heterocycles. The normalized spacial score (nSPS) is 17.3. The lowest BCUT2D eigenvalue weighted by Gasteiger charge is -2.24. The Hall–Kier alpha value is -2.36. The maximum Gasteiger partial charge on any atom is 0.135 e. The molecule has 0 atom stereocenters. The molecule has 0 amide bonds. The highest BCUT2D eigenvalue weighted by Crippen LogP contribution is 2.31. The van der Waals surface area contributed by atoms with Crippen LogP contribution in [0.5, 0.6) is 5.75 Å². The van der Waals surface area contributed by atoms with Gasteiger partial charge in [0.1, 0.15) is 11.6 Å². The van der Waals surface area contributed by atoms with Crippen molar-refractivity contribution >= 4 is 11.5 Å². The lowest BCUT2D eigenvalue weighted by molar-refractivity contribution is 0.414. The number of methoxy groups -OCH3 is 1. The van der Waals surface area contributed by atoms with Crippen LogP contribution in [0.2, 0.25) is 0 Å². The second kappa shape index (κ2) is 6.63. The summed E-state index contributed by atoms with van der Waals surface area (Å²) in [4.78, 5) is 9.42. The molecule has 4 rings (SSSR count). The van der Waals surface area contributed by atoms with Crippen LogP contribution < -0.4 is 10.1 Å². The molecule has 1 aliphatic heterocycles. The zero-order valence-electron chi connectivity index (χ0n) is 14.1. The third kappa shape index (κ3) is 2.88. The lowest BCUT2D eigenvalue weighted by atomic mass is 9.94. The van der Waals surface area contributed by atoms with Crippen LogP contribution in [-0.4, -0.2) is 23.8 Å². The molecule has 1 aromatic carbocycles. The first-order valence-corrected chi connectivity index (χ1v) is 8.79. The number of anilines is 1. The van der Waals surface area contributed by atoms with Crippen molar-refractivity contribution in [2.24, 2.45) is 4.99 Å². The number of hydrogen-bond donors (Lipinski definition) is 1. The highest BCUT2D eigenvalue weighted by molar-refractivity contribution is 6.17. The third-order valence-electron chi connectivity index (χ3n) is 4.97. The first-order valence-electron chi connectivity index (χ1n) is 8.79. The fourth-order valence-electron chi connectivity index (χ4n) is 3.70. The van der Waals surface area contributed by atoms with Crippen LogP contribution >= 0.6 is 0 Å². The SMILES string of the molecule is COc1cccc(C2=NCc3ccnc(NC4CCCCC4)c32)c1. The molecule has 1 fully saturated rings. The van der Waals surface area contributed by atoms with Gasteiger partial charge in [-0.15, -0.1) is 0 Å². The molecule has 0 unspecified atom stereocenters. The number of pyridine rings is 1. The van der Waals surface area contributed by atoms with Crippen molar-refractivity contribution in [2.75, 3.05) is 12.4 Å². The Morgan fingerprint density at radius 1 is 1.12 bits per heavy atom. The molecule has 4 heteroatoms. The number of fused-ring (bicyclic) bond motifs is 1. The number of rotatable bonds is 4. The van der Waals surface area contributed by atoms with Crippen LogP contribution in [-0.2, 0) is 6.54 Å². The number of nitrogens with zero attached hydrogens (tertiary/aromatic N) is 2. The van der Waals surface area contributed by atoms with Gasteiger partial charge in [-0.05, 0) is 36.6 Å². The molecule has 0 bridgehead atoms. The Labute approximate surface area is 143 Å². The molecule has 1 N–H and O–H groups in total.